The lowest BCUT2D eigenvalue weighted by atomic mass is 10.1. The minimum absolute atomic E-state index is 0.341. The minimum atomic E-state index is -4.24. The molecule has 2 N–H and O–H groups in total. The van der Waals surface area contributed by atoms with Gasteiger partial charge < -0.3 is 9.73 Å². The molecule has 19 heavy (non-hydrogen) atoms. The Morgan fingerprint density at radius 3 is 2.84 bits per heavy atom. The van der Waals surface area contributed by atoms with Crippen molar-refractivity contribution in [3.8, 4) is 0 Å². The topological polar surface area (TPSA) is 58.0 Å². The minimum Gasteiger partial charge on any atom is -0.408 e. The van der Waals surface area contributed by atoms with Gasteiger partial charge in [0, 0.05) is 6.04 Å². The lowest BCUT2D eigenvalue weighted by Crippen LogP contribution is -2.36. The number of fused-ring (bicyclic) bond motifs is 1. The zero-order valence-corrected chi connectivity index (χ0v) is 10.2. The summed E-state index contributed by atoms with van der Waals surface area (Å²) < 4.78 is 41.2. The molecule has 0 amide bonds. The highest BCUT2D eigenvalue weighted by Crippen LogP contribution is 2.18. The van der Waals surface area contributed by atoms with Gasteiger partial charge in [0.1, 0.15) is 0 Å². The van der Waals surface area contributed by atoms with Gasteiger partial charge in [0.25, 0.3) is 0 Å². The summed E-state index contributed by atoms with van der Waals surface area (Å²) in [6.45, 7) is 0.608. The molecule has 0 aliphatic carbocycles. The number of aromatic amines is 1. The number of oxazole rings is 1. The van der Waals surface area contributed by atoms with Crippen molar-refractivity contribution in [1.29, 1.82) is 0 Å². The molecule has 0 saturated carbocycles. The first-order chi connectivity index (χ1) is 8.85. The maximum atomic E-state index is 12.1. The van der Waals surface area contributed by atoms with Crippen molar-refractivity contribution in [2.24, 2.45) is 0 Å². The van der Waals surface area contributed by atoms with Crippen molar-refractivity contribution >= 4 is 11.1 Å². The van der Waals surface area contributed by atoms with E-state index in [4.69, 9.17) is 4.42 Å². The summed E-state index contributed by atoms with van der Waals surface area (Å²) in [4.78, 5) is 13.6. The first-order valence-corrected chi connectivity index (χ1v) is 5.76. The monoisotopic (exact) mass is 274 g/mol. The molecule has 7 heteroatoms. The van der Waals surface area contributed by atoms with E-state index in [1.807, 2.05) is 0 Å². The van der Waals surface area contributed by atoms with Crippen LogP contribution in [0.25, 0.3) is 11.1 Å². The summed E-state index contributed by atoms with van der Waals surface area (Å²) in [6.07, 6.45) is -3.89. The molecule has 1 heterocycles. The van der Waals surface area contributed by atoms with Gasteiger partial charge in [-0.25, -0.2) is 4.79 Å². The number of halogens is 3. The summed E-state index contributed by atoms with van der Waals surface area (Å²) in [5.74, 6) is -0.571. The Balaban J connectivity index is 2.10. The highest BCUT2D eigenvalue weighted by atomic mass is 19.4. The van der Waals surface area contributed by atoms with Crippen LogP contribution in [0.3, 0.4) is 0 Å². The Labute approximate surface area is 106 Å². The maximum Gasteiger partial charge on any atom is 0.417 e. The predicted molar refractivity (Wildman–Crippen MR) is 64.1 cm³/mol. The van der Waals surface area contributed by atoms with Crippen LogP contribution in [0.1, 0.15) is 12.5 Å². The first-order valence-electron chi connectivity index (χ1n) is 5.76. The third kappa shape index (κ3) is 3.60. The molecule has 0 fully saturated rings. The summed E-state index contributed by atoms with van der Waals surface area (Å²) in [7, 11) is 0. The molecule has 0 spiro atoms. The third-order valence-electron chi connectivity index (χ3n) is 2.71. The van der Waals surface area contributed by atoms with Crippen molar-refractivity contribution in [2.75, 3.05) is 6.54 Å². The van der Waals surface area contributed by atoms with Gasteiger partial charge >= 0.3 is 11.9 Å². The fourth-order valence-corrected chi connectivity index (χ4v) is 1.88. The van der Waals surface area contributed by atoms with Crippen molar-refractivity contribution in [3.63, 3.8) is 0 Å². The van der Waals surface area contributed by atoms with E-state index >= 15 is 0 Å². The van der Waals surface area contributed by atoms with Crippen molar-refractivity contribution < 1.29 is 17.6 Å². The molecule has 0 aliphatic rings. The Bertz CT molecular complexity index is 615. The number of hydrogen-bond acceptors (Lipinski definition) is 3. The molecule has 0 unspecified atom stereocenters. The summed E-state index contributed by atoms with van der Waals surface area (Å²) in [6, 6.07) is 4.75. The molecule has 2 rings (SSSR count). The van der Waals surface area contributed by atoms with Gasteiger partial charge in [0.05, 0.1) is 12.1 Å². The van der Waals surface area contributed by atoms with Crippen molar-refractivity contribution in [2.45, 2.75) is 25.6 Å². The lowest BCUT2D eigenvalue weighted by Gasteiger charge is -2.15. The average molecular weight is 274 g/mol. The Kier molecular flexibility index (Phi) is 3.66. The van der Waals surface area contributed by atoms with Crippen LogP contribution in [0, 0.1) is 0 Å². The highest BCUT2D eigenvalue weighted by Gasteiger charge is 2.27. The largest absolute Gasteiger partial charge is 0.417 e. The van der Waals surface area contributed by atoms with E-state index < -0.39 is 18.5 Å². The Morgan fingerprint density at radius 1 is 1.42 bits per heavy atom. The van der Waals surface area contributed by atoms with E-state index in [2.05, 4.69) is 10.3 Å². The number of nitrogens with one attached hydrogen (secondary N) is 2. The van der Waals surface area contributed by atoms with E-state index in [1.54, 1.807) is 25.1 Å². The second-order valence-electron chi connectivity index (χ2n) is 4.41. The van der Waals surface area contributed by atoms with Gasteiger partial charge in [0.15, 0.2) is 5.58 Å². The molecule has 4 nitrogen and oxygen atoms in total. The normalized spacial score (nSPS) is 13.9. The van der Waals surface area contributed by atoms with Crippen LogP contribution >= 0.6 is 0 Å². The number of alkyl halides is 3. The van der Waals surface area contributed by atoms with Crippen LogP contribution in [-0.2, 0) is 6.42 Å². The average Bonchev–Trinajstić information content (AvgIpc) is 2.67. The molecule has 1 aromatic carbocycles. The quantitative estimate of drug-likeness (QED) is 0.898. The number of hydrogen-bond donors (Lipinski definition) is 2. The molecular weight excluding hydrogens is 261 g/mol. The van der Waals surface area contributed by atoms with Crippen LogP contribution in [-0.4, -0.2) is 23.7 Å². The molecule has 1 atom stereocenters. The fourth-order valence-electron chi connectivity index (χ4n) is 1.88. The van der Waals surface area contributed by atoms with Crippen LogP contribution in [0.4, 0.5) is 13.2 Å². The summed E-state index contributed by atoms with van der Waals surface area (Å²) in [5.41, 5.74) is 1.64. The van der Waals surface area contributed by atoms with E-state index in [-0.39, 0.29) is 6.04 Å². The Morgan fingerprint density at radius 2 is 2.16 bits per heavy atom. The number of para-hydroxylation sites is 1. The molecule has 0 saturated heterocycles. The summed E-state index contributed by atoms with van der Waals surface area (Å²) in [5, 5.41) is 2.39. The van der Waals surface area contributed by atoms with Gasteiger partial charge in [0.2, 0.25) is 0 Å². The molecular formula is C12H13F3N2O2. The van der Waals surface area contributed by atoms with Crippen molar-refractivity contribution in [3.05, 3.63) is 34.3 Å². The van der Waals surface area contributed by atoms with Crippen LogP contribution in [0.15, 0.2) is 27.4 Å². The van der Waals surface area contributed by atoms with Gasteiger partial charge in [-0.15, -0.1) is 0 Å². The fraction of sp³-hybridized carbons (Fsp3) is 0.417. The summed E-state index contributed by atoms with van der Waals surface area (Å²) >= 11 is 0. The number of H-pyrrole nitrogens is 1. The number of benzene rings is 1. The third-order valence-corrected chi connectivity index (χ3v) is 2.71. The molecule has 0 radical (unpaired) electrons. The van der Waals surface area contributed by atoms with E-state index in [1.165, 1.54) is 0 Å². The predicted octanol–water partition coefficient (Wildman–Crippen LogP) is 2.20. The Hall–Kier alpha value is -1.76. The van der Waals surface area contributed by atoms with E-state index in [9.17, 15) is 18.0 Å². The molecule has 1 aromatic heterocycles. The number of rotatable bonds is 4. The molecule has 104 valence electrons. The van der Waals surface area contributed by atoms with Gasteiger partial charge in [-0.1, -0.05) is 12.1 Å². The van der Waals surface area contributed by atoms with Gasteiger partial charge in [-0.05, 0) is 25.0 Å². The van der Waals surface area contributed by atoms with Gasteiger partial charge in [-0.2, -0.15) is 13.2 Å². The van der Waals surface area contributed by atoms with E-state index in [0.717, 1.165) is 0 Å². The standard InChI is InChI=1S/C12H13F3N2O2/c1-7(16-6-12(13,14)15)5-8-3-2-4-9-10(8)19-11(18)17-9/h2-4,7,16H,5-6H2,1H3,(H,17,18)/t7-/m1/s1. The number of aromatic nitrogens is 1. The van der Waals surface area contributed by atoms with E-state index in [0.29, 0.717) is 23.1 Å². The maximum absolute atomic E-state index is 12.1. The van der Waals surface area contributed by atoms with Crippen molar-refractivity contribution in [1.82, 2.24) is 10.3 Å². The molecule has 2 aromatic rings. The zero-order chi connectivity index (χ0) is 14.0. The highest BCUT2D eigenvalue weighted by molar-refractivity contribution is 5.75. The lowest BCUT2D eigenvalue weighted by molar-refractivity contribution is -0.126. The molecule has 0 bridgehead atoms. The second kappa shape index (κ2) is 5.08. The van der Waals surface area contributed by atoms with Crippen LogP contribution < -0.4 is 11.1 Å². The first kappa shape index (κ1) is 13.7. The SMILES string of the molecule is C[C@H](Cc1cccc2[nH]c(=O)oc12)NCC(F)(F)F. The van der Waals surface area contributed by atoms with Gasteiger partial charge in [-0.3, -0.25) is 4.98 Å². The smallest absolute Gasteiger partial charge is 0.408 e. The zero-order valence-electron chi connectivity index (χ0n) is 10.2. The van der Waals surface area contributed by atoms with Crippen LogP contribution in [0.2, 0.25) is 0 Å². The van der Waals surface area contributed by atoms with Crippen LogP contribution in [0.5, 0.6) is 0 Å². The molecule has 0 aliphatic heterocycles. The second-order valence-corrected chi connectivity index (χ2v) is 4.41.